The molecule has 3 aromatic rings. The quantitative estimate of drug-likeness (QED) is 0.321. The van der Waals surface area contributed by atoms with E-state index < -0.39 is 5.97 Å². The van der Waals surface area contributed by atoms with Crippen molar-refractivity contribution < 1.29 is 14.4 Å². The highest BCUT2D eigenvalue weighted by atomic mass is 35.5. The van der Waals surface area contributed by atoms with E-state index in [1.807, 2.05) is 48.5 Å². The number of rotatable bonds is 5. The summed E-state index contributed by atoms with van der Waals surface area (Å²) >= 11 is 19.0. The minimum Gasteiger partial charge on any atom is -0.486 e. The van der Waals surface area contributed by atoms with Crippen molar-refractivity contribution in [2.45, 2.75) is 6.61 Å². The molecule has 4 nitrogen and oxygen atoms in total. The van der Waals surface area contributed by atoms with Crippen LogP contribution in [0, 0.1) is 0 Å². The normalized spacial score (nSPS) is 14.6. The lowest BCUT2D eigenvalue weighted by atomic mass is 10.0. The van der Waals surface area contributed by atoms with Gasteiger partial charge in [0, 0.05) is 16.1 Å². The number of ether oxygens (including phenoxy) is 1. The van der Waals surface area contributed by atoms with Gasteiger partial charge in [0.1, 0.15) is 12.3 Å². The number of carbonyl (C=O) groups excluding carboxylic acids is 1. The van der Waals surface area contributed by atoms with Crippen LogP contribution in [0.5, 0.6) is 5.75 Å². The van der Waals surface area contributed by atoms with Gasteiger partial charge in [0.2, 0.25) is 0 Å². The van der Waals surface area contributed by atoms with Crippen molar-refractivity contribution in [3.8, 4) is 5.75 Å². The Morgan fingerprint density at radius 2 is 1.57 bits per heavy atom. The average molecular weight is 459 g/mol. The molecule has 0 N–H and O–H groups in total. The summed E-state index contributed by atoms with van der Waals surface area (Å²) in [6.07, 6.45) is 1.64. The second kappa shape index (κ2) is 8.92. The minimum absolute atomic E-state index is 0.219. The molecule has 3 aromatic carbocycles. The van der Waals surface area contributed by atoms with E-state index in [-0.39, 0.29) is 6.61 Å². The molecule has 30 heavy (non-hydrogen) atoms. The summed E-state index contributed by atoms with van der Waals surface area (Å²) in [5, 5.41) is 5.11. The van der Waals surface area contributed by atoms with Gasteiger partial charge in [0.05, 0.1) is 15.6 Å². The zero-order valence-electron chi connectivity index (χ0n) is 15.4. The summed E-state index contributed by atoms with van der Waals surface area (Å²) < 4.78 is 5.79. The molecule has 150 valence electrons. The van der Waals surface area contributed by atoms with Gasteiger partial charge in [-0.1, -0.05) is 88.5 Å². The van der Waals surface area contributed by atoms with Crippen molar-refractivity contribution in [2.75, 3.05) is 0 Å². The van der Waals surface area contributed by atoms with E-state index >= 15 is 0 Å². The first-order chi connectivity index (χ1) is 14.5. The van der Waals surface area contributed by atoms with Crippen LogP contribution in [-0.2, 0) is 16.2 Å². The number of hydrogen-bond acceptors (Lipinski definition) is 4. The third-order valence-corrected chi connectivity index (χ3v) is 5.33. The van der Waals surface area contributed by atoms with E-state index in [9.17, 15) is 4.79 Å². The Hall–Kier alpha value is -2.79. The molecule has 0 aromatic heterocycles. The van der Waals surface area contributed by atoms with Gasteiger partial charge < -0.3 is 9.57 Å². The lowest BCUT2D eigenvalue weighted by molar-refractivity contribution is -0.136. The Bertz CT molecular complexity index is 1150. The van der Waals surface area contributed by atoms with Crippen molar-refractivity contribution in [1.29, 1.82) is 0 Å². The summed E-state index contributed by atoms with van der Waals surface area (Å²) in [4.78, 5) is 17.0. The van der Waals surface area contributed by atoms with Gasteiger partial charge in [-0.2, -0.15) is 0 Å². The van der Waals surface area contributed by atoms with E-state index in [0.717, 1.165) is 11.1 Å². The average Bonchev–Trinajstić information content (AvgIpc) is 3.09. The first kappa shape index (κ1) is 20.5. The molecule has 1 aliphatic heterocycles. The number of nitrogens with zero attached hydrogens (tertiary/aromatic N) is 1. The molecule has 0 bridgehead atoms. The fourth-order valence-electron chi connectivity index (χ4n) is 2.95. The second-order valence-corrected chi connectivity index (χ2v) is 7.66. The predicted molar refractivity (Wildman–Crippen MR) is 119 cm³/mol. The van der Waals surface area contributed by atoms with Crippen LogP contribution < -0.4 is 4.74 Å². The van der Waals surface area contributed by atoms with E-state index in [1.54, 1.807) is 24.3 Å². The highest BCUT2D eigenvalue weighted by Crippen LogP contribution is 2.36. The molecule has 0 spiro atoms. The number of halogens is 3. The molecule has 0 saturated heterocycles. The maximum absolute atomic E-state index is 12.2. The summed E-state index contributed by atoms with van der Waals surface area (Å²) in [5.41, 5.74) is 2.97. The number of carbonyl (C=O) groups is 1. The molecular formula is C23H14Cl3NO3. The largest absolute Gasteiger partial charge is 0.486 e. The molecule has 0 radical (unpaired) electrons. The van der Waals surface area contributed by atoms with Crippen LogP contribution in [0.3, 0.4) is 0 Å². The highest BCUT2D eigenvalue weighted by molar-refractivity contribution is 6.37. The molecule has 0 fully saturated rings. The monoisotopic (exact) mass is 457 g/mol. The molecule has 0 atom stereocenters. The van der Waals surface area contributed by atoms with Crippen LogP contribution in [0.1, 0.15) is 16.7 Å². The van der Waals surface area contributed by atoms with Crippen LogP contribution in [0.25, 0.3) is 6.08 Å². The molecule has 7 heteroatoms. The first-order valence-corrected chi connectivity index (χ1v) is 10.1. The van der Waals surface area contributed by atoms with Crippen molar-refractivity contribution in [3.63, 3.8) is 0 Å². The Morgan fingerprint density at radius 3 is 2.27 bits per heavy atom. The molecule has 0 unspecified atom stereocenters. The molecule has 4 rings (SSSR count). The van der Waals surface area contributed by atoms with Crippen LogP contribution in [-0.4, -0.2) is 11.7 Å². The molecular weight excluding hydrogens is 445 g/mol. The number of hydrogen-bond donors (Lipinski definition) is 0. The Morgan fingerprint density at radius 1 is 0.900 bits per heavy atom. The van der Waals surface area contributed by atoms with Gasteiger partial charge in [0.25, 0.3) is 0 Å². The predicted octanol–water partition coefficient (Wildman–Crippen LogP) is 6.57. The third-order valence-electron chi connectivity index (χ3n) is 4.40. The molecule has 1 aliphatic rings. The summed E-state index contributed by atoms with van der Waals surface area (Å²) in [6, 6.07) is 20.0. The van der Waals surface area contributed by atoms with Crippen molar-refractivity contribution in [1.82, 2.24) is 0 Å². The Balaban J connectivity index is 1.60. The highest BCUT2D eigenvalue weighted by Gasteiger charge is 2.27. The van der Waals surface area contributed by atoms with Crippen LogP contribution in [0.2, 0.25) is 15.1 Å². The maximum atomic E-state index is 12.2. The maximum Gasteiger partial charge on any atom is 0.368 e. The van der Waals surface area contributed by atoms with Gasteiger partial charge in [-0.05, 0) is 29.8 Å². The SMILES string of the molecule is O=C1ON=C(c2ccccc2)/C1=C/c1cc(Cl)c(OCc2ccccc2Cl)c(Cl)c1. The topological polar surface area (TPSA) is 47.9 Å². The van der Waals surface area contributed by atoms with E-state index in [2.05, 4.69) is 5.16 Å². The molecule has 0 aliphatic carbocycles. The molecule has 1 heterocycles. The van der Waals surface area contributed by atoms with Crippen LogP contribution >= 0.6 is 34.8 Å². The van der Waals surface area contributed by atoms with Crippen molar-refractivity contribution >= 4 is 52.6 Å². The van der Waals surface area contributed by atoms with Gasteiger partial charge >= 0.3 is 5.97 Å². The van der Waals surface area contributed by atoms with Crippen LogP contribution in [0.4, 0.5) is 0 Å². The number of benzene rings is 3. The number of oxime groups is 1. The third kappa shape index (κ3) is 4.36. The summed E-state index contributed by atoms with van der Waals surface area (Å²) in [6.45, 7) is 0.219. The lowest BCUT2D eigenvalue weighted by Crippen LogP contribution is -2.06. The summed E-state index contributed by atoms with van der Waals surface area (Å²) in [5.74, 6) is -0.202. The van der Waals surface area contributed by atoms with E-state index in [1.165, 1.54) is 0 Å². The van der Waals surface area contributed by atoms with E-state index in [0.29, 0.717) is 37.7 Å². The smallest absolute Gasteiger partial charge is 0.368 e. The second-order valence-electron chi connectivity index (χ2n) is 6.44. The minimum atomic E-state index is -0.542. The Kier molecular flexibility index (Phi) is 6.09. The van der Waals surface area contributed by atoms with Crippen LogP contribution in [0.15, 0.2) is 77.5 Å². The van der Waals surface area contributed by atoms with E-state index in [4.69, 9.17) is 44.4 Å². The van der Waals surface area contributed by atoms with Gasteiger partial charge in [0.15, 0.2) is 5.75 Å². The van der Waals surface area contributed by atoms with Crippen molar-refractivity contribution in [2.24, 2.45) is 5.16 Å². The van der Waals surface area contributed by atoms with Gasteiger partial charge in [-0.25, -0.2) is 4.79 Å². The zero-order valence-corrected chi connectivity index (χ0v) is 17.7. The fraction of sp³-hybridized carbons (Fsp3) is 0.0435. The lowest BCUT2D eigenvalue weighted by Gasteiger charge is -2.12. The first-order valence-electron chi connectivity index (χ1n) is 8.95. The van der Waals surface area contributed by atoms with Gasteiger partial charge in [-0.3, -0.25) is 0 Å². The fourth-order valence-corrected chi connectivity index (χ4v) is 3.75. The standard InChI is InChI=1S/C23H14Cl3NO3/c24-18-9-5-4-8-16(18)13-29-22-19(25)11-14(12-20(22)26)10-17-21(27-30-23(17)28)15-6-2-1-3-7-15/h1-12H,13H2/b17-10-. The zero-order chi connectivity index (χ0) is 21.1. The van der Waals surface area contributed by atoms with Gasteiger partial charge in [-0.15, -0.1) is 0 Å². The molecule has 0 amide bonds. The summed E-state index contributed by atoms with van der Waals surface area (Å²) in [7, 11) is 0. The van der Waals surface area contributed by atoms with Crippen molar-refractivity contribution in [3.05, 3.63) is 104 Å². The molecule has 0 saturated carbocycles. The Labute approximate surface area is 188 Å².